The van der Waals surface area contributed by atoms with Crippen molar-refractivity contribution in [3.63, 3.8) is 0 Å². The Bertz CT molecular complexity index is 684. The zero-order valence-electron chi connectivity index (χ0n) is 13.0. The molecule has 3 rings (SSSR count). The first-order valence-corrected chi connectivity index (χ1v) is 8.95. The van der Waals surface area contributed by atoms with E-state index in [0.29, 0.717) is 11.4 Å². The molecule has 1 aromatic carbocycles. The highest BCUT2D eigenvalue weighted by atomic mass is 32.2. The zero-order chi connectivity index (χ0) is 16.2. The quantitative estimate of drug-likeness (QED) is 0.845. The zero-order valence-corrected chi connectivity index (χ0v) is 13.9. The lowest BCUT2D eigenvalue weighted by atomic mass is 10.2. The second kappa shape index (κ2) is 7.17. The van der Waals surface area contributed by atoms with Gasteiger partial charge in [0.05, 0.1) is 18.0 Å². The van der Waals surface area contributed by atoms with Crippen LogP contribution >= 0.6 is 11.8 Å². The van der Waals surface area contributed by atoms with Gasteiger partial charge in [0.2, 0.25) is 5.91 Å². The largest absolute Gasteiger partial charge is 0.349 e. The maximum atomic E-state index is 13.8. The number of nitrogens with zero attached hydrogens (tertiary/aromatic N) is 2. The molecule has 1 heterocycles. The Labute approximate surface area is 139 Å². The molecular weight excluding hydrogens is 313 g/mol. The number of nitrogens with one attached hydrogen (secondary N) is 1. The highest BCUT2D eigenvalue weighted by Crippen LogP contribution is 2.32. The molecule has 0 aliphatic heterocycles. The number of amides is 1. The molecule has 0 unspecified atom stereocenters. The summed E-state index contributed by atoms with van der Waals surface area (Å²) in [5, 5.41) is 7.15. The molecule has 0 spiro atoms. The van der Waals surface area contributed by atoms with Gasteiger partial charge >= 0.3 is 0 Å². The third-order valence-corrected chi connectivity index (χ3v) is 5.04. The van der Waals surface area contributed by atoms with E-state index in [9.17, 15) is 9.18 Å². The molecule has 1 N–H and O–H groups in total. The third kappa shape index (κ3) is 4.34. The molecular formula is C17H20FN3OS. The van der Waals surface area contributed by atoms with Crippen LogP contribution < -0.4 is 5.32 Å². The van der Waals surface area contributed by atoms with Crippen molar-refractivity contribution in [3.8, 4) is 5.69 Å². The Balaban J connectivity index is 1.56. The molecule has 2 aromatic rings. The molecule has 1 saturated carbocycles. The van der Waals surface area contributed by atoms with Gasteiger partial charge in [-0.15, -0.1) is 0 Å². The molecule has 4 nitrogen and oxygen atoms in total. The molecule has 1 atom stereocenters. The highest BCUT2D eigenvalue weighted by molar-refractivity contribution is 7.99. The van der Waals surface area contributed by atoms with Crippen LogP contribution in [0.5, 0.6) is 0 Å². The van der Waals surface area contributed by atoms with Gasteiger partial charge in [0.15, 0.2) is 0 Å². The van der Waals surface area contributed by atoms with Crippen molar-refractivity contribution in [2.45, 2.75) is 25.8 Å². The Morgan fingerprint density at radius 2 is 2.26 bits per heavy atom. The number of halogens is 1. The van der Waals surface area contributed by atoms with Crippen LogP contribution in [0.2, 0.25) is 0 Å². The number of rotatable bonds is 7. The fourth-order valence-electron chi connectivity index (χ4n) is 2.30. The van der Waals surface area contributed by atoms with E-state index in [1.165, 1.54) is 23.6 Å². The van der Waals surface area contributed by atoms with Gasteiger partial charge in [-0.25, -0.2) is 9.07 Å². The number of carbonyl (C=O) groups is 1. The van der Waals surface area contributed by atoms with Gasteiger partial charge in [0, 0.05) is 11.8 Å². The molecule has 122 valence electrons. The van der Waals surface area contributed by atoms with Crippen molar-refractivity contribution in [2.24, 2.45) is 5.92 Å². The van der Waals surface area contributed by atoms with Crippen LogP contribution in [-0.4, -0.2) is 27.2 Å². The van der Waals surface area contributed by atoms with Crippen LogP contribution in [0.15, 0.2) is 36.7 Å². The van der Waals surface area contributed by atoms with E-state index in [1.807, 2.05) is 6.92 Å². The van der Waals surface area contributed by atoms with Crippen molar-refractivity contribution >= 4 is 17.7 Å². The summed E-state index contributed by atoms with van der Waals surface area (Å²) in [5.74, 6) is 2.09. The number of aromatic nitrogens is 2. The van der Waals surface area contributed by atoms with E-state index in [1.54, 1.807) is 42.4 Å². The molecule has 1 aliphatic rings. The second-order valence-corrected chi connectivity index (χ2v) is 6.95. The predicted molar refractivity (Wildman–Crippen MR) is 90.1 cm³/mol. The molecule has 1 amide bonds. The normalized spacial score (nSPS) is 15.4. The lowest BCUT2D eigenvalue weighted by molar-refractivity contribution is -0.119. The monoisotopic (exact) mass is 333 g/mol. The molecule has 0 saturated heterocycles. The summed E-state index contributed by atoms with van der Waals surface area (Å²) in [7, 11) is 0. The molecule has 0 bridgehead atoms. The van der Waals surface area contributed by atoms with Crippen LogP contribution in [0, 0.1) is 11.7 Å². The van der Waals surface area contributed by atoms with Crippen LogP contribution in [-0.2, 0) is 4.79 Å². The number of carbonyl (C=O) groups excluding carboxylic acids is 1. The fraction of sp³-hybridized carbons (Fsp3) is 0.412. The summed E-state index contributed by atoms with van der Waals surface area (Å²) in [6.07, 6.45) is 6.02. The molecule has 6 heteroatoms. The number of hydrogen-bond donors (Lipinski definition) is 1. The minimum atomic E-state index is -0.324. The summed E-state index contributed by atoms with van der Waals surface area (Å²) in [6.45, 7) is 1.91. The highest BCUT2D eigenvalue weighted by Gasteiger charge is 2.21. The van der Waals surface area contributed by atoms with Gasteiger partial charge in [0.1, 0.15) is 11.5 Å². The maximum Gasteiger partial charge on any atom is 0.230 e. The van der Waals surface area contributed by atoms with Crippen LogP contribution in [0.1, 0.15) is 31.4 Å². The van der Waals surface area contributed by atoms with Gasteiger partial charge in [-0.1, -0.05) is 12.1 Å². The first-order valence-electron chi connectivity index (χ1n) is 7.80. The first-order chi connectivity index (χ1) is 11.1. The minimum absolute atomic E-state index is 0.0294. The average Bonchev–Trinajstić information content (AvgIpc) is 3.22. The van der Waals surface area contributed by atoms with Crippen LogP contribution in [0.25, 0.3) is 5.69 Å². The summed E-state index contributed by atoms with van der Waals surface area (Å²) in [5.41, 5.74) is 1.26. The molecule has 1 aliphatic carbocycles. The molecule has 1 fully saturated rings. The van der Waals surface area contributed by atoms with Crippen molar-refractivity contribution in [2.75, 3.05) is 11.5 Å². The fourth-order valence-corrected chi connectivity index (χ4v) is 3.35. The van der Waals surface area contributed by atoms with E-state index in [2.05, 4.69) is 10.4 Å². The van der Waals surface area contributed by atoms with Gasteiger partial charge in [-0.05, 0) is 43.6 Å². The molecule has 23 heavy (non-hydrogen) atoms. The lowest BCUT2D eigenvalue weighted by Gasteiger charge is -2.12. The van der Waals surface area contributed by atoms with Crippen molar-refractivity contribution in [1.82, 2.24) is 15.1 Å². The van der Waals surface area contributed by atoms with Crippen LogP contribution in [0.3, 0.4) is 0 Å². The van der Waals surface area contributed by atoms with Gasteiger partial charge < -0.3 is 5.32 Å². The Kier molecular flexibility index (Phi) is 5.00. The maximum absolute atomic E-state index is 13.8. The van der Waals surface area contributed by atoms with E-state index in [4.69, 9.17) is 0 Å². The van der Waals surface area contributed by atoms with Crippen molar-refractivity contribution < 1.29 is 9.18 Å². The Hall–Kier alpha value is -1.82. The Morgan fingerprint density at radius 3 is 3.00 bits per heavy atom. The second-order valence-electron chi connectivity index (χ2n) is 5.92. The summed E-state index contributed by atoms with van der Waals surface area (Å²) in [6, 6.07) is 6.33. The first kappa shape index (κ1) is 16.1. The summed E-state index contributed by atoms with van der Waals surface area (Å²) in [4.78, 5) is 11.9. The van der Waals surface area contributed by atoms with E-state index >= 15 is 0 Å². The third-order valence-electron chi connectivity index (χ3n) is 3.86. The molecule has 0 radical (unpaired) electrons. The predicted octanol–water partition coefficient (Wildman–Crippen LogP) is 3.33. The van der Waals surface area contributed by atoms with Gasteiger partial charge in [-0.3, -0.25) is 4.79 Å². The smallest absolute Gasteiger partial charge is 0.230 e. The van der Waals surface area contributed by atoms with Crippen molar-refractivity contribution in [1.29, 1.82) is 0 Å². The summed E-state index contributed by atoms with van der Waals surface area (Å²) < 4.78 is 15.3. The van der Waals surface area contributed by atoms with Crippen molar-refractivity contribution in [3.05, 3.63) is 48.0 Å². The Morgan fingerprint density at radius 1 is 1.48 bits per heavy atom. The van der Waals surface area contributed by atoms with Gasteiger partial charge in [-0.2, -0.15) is 16.9 Å². The van der Waals surface area contributed by atoms with E-state index in [0.717, 1.165) is 17.2 Å². The van der Waals surface area contributed by atoms with E-state index in [-0.39, 0.29) is 17.8 Å². The standard InChI is InChI=1S/C17H20FN3OS/c1-12(20-17(22)11-23-10-13-6-7-13)14-8-19-21(9-14)16-5-3-2-4-15(16)18/h2-5,8-9,12-13H,6-7,10-11H2,1H3,(H,20,22)/t12-/m0/s1. The average molecular weight is 333 g/mol. The SMILES string of the molecule is C[C@H](NC(=O)CSCC1CC1)c1cnn(-c2ccccc2F)c1. The van der Waals surface area contributed by atoms with Crippen LogP contribution in [0.4, 0.5) is 4.39 Å². The number of hydrogen-bond acceptors (Lipinski definition) is 3. The topological polar surface area (TPSA) is 46.9 Å². The summed E-state index contributed by atoms with van der Waals surface area (Å²) >= 11 is 1.69. The number of thioether (sulfide) groups is 1. The van der Waals surface area contributed by atoms with Gasteiger partial charge in [0.25, 0.3) is 0 Å². The molecule has 1 aromatic heterocycles. The number of para-hydroxylation sites is 1. The number of benzene rings is 1. The minimum Gasteiger partial charge on any atom is -0.349 e. The lowest BCUT2D eigenvalue weighted by Crippen LogP contribution is -2.28. The van der Waals surface area contributed by atoms with E-state index < -0.39 is 0 Å².